The van der Waals surface area contributed by atoms with E-state index in [1.54, 1.807) is 0 Å². The minimum Gasteiger partial charge on any atom is -0.460 e. The Hall–Kier alpha value is -0.610. The summed E-state index contributed by atoms with van der Waals surface area (Å²) in [6, 6.07) is -0.118. The van der Waals surface area contributed by atoms with Gasteiger partial charge < -0.3 is 15.6 Å². The molecule has 1 atom stereocenters. The molecule has 0 bridgehead atoms. The number of hydrogen-bond donors (Lipinski definition) is 2. The van der Waals surface area contributed by atoms with Gasteiger partial charge in [0.2, 0.25) is 0 Å². The van der Waals surface area contributed by atoms with Crippen LogP contribution in [-0.2, 0) is 9.53 Å². The van der Waals surface area contributed by atoms with Gasteiger partial charge in [-0.2, -0.15) is 0 Å². The van der Waals surface area contributed by atoms with E-state index in [2.05, 4.69) is 0 Å². The van der Waals surface area contributed by atoms with Crippen molar-refractivity contribution in [2.24, 2.45) is 5.73 Å². The lowest BCUT2D eigenvalue weighted by atomic mass is 10.1. The highest BCUT2D eigenvalue weighted by atomic mass is 16.6. The van der Waals surface area contributed by atoms with E-state index in [1.165, 1.54) is 0 Å². The first-order valence-electron chi connectivity index (χ1n) is 4.93. The van der Waals surface area contributed by atoms with Crippen molar-refractivity contribution in [1.29, 1.82) is 0 Å². The Labute approximate surface area is 85.4 Å². The Balaban J connectivity index is 3.64. The molecule has 0 heterocycles. The maximum atomic E-state index is 11.2. The first kappa shape index (κ1) is 13.4. The van der Waals surface area contributed by atoms with Gasteiger partial charge in [-0.25, -0.2) is 0 Å². The summed E-state index contributed by atoms with van der Waals surface area (Å²) >= 11 is 0. The number of nitrogens with two attached hydrogens (primary N) is 1. The Kier molecular flexibility index (Phi) is 5.72. The highest BCUT2D eigenvalue weighted by molar-refractivity contribution is 5.69. The SMILES string of the molecule is CC(C)(C)OC(=O)CCC(N)CCO. The molecule has 0 fully saturated rings. The van der Waals surface area contributed by atoms with Crippen LogP contribution >= 0.6 is 0 Å². The van der Waals surface area contributed by atoms with E-state index in [9.17, 15) is 4.79 Å². The molecule has 3 N–H and O–H groups in total. The quantitative estimate of drug-likeness (QED) is 0.649. The number of hydrogen-bond acceptors (Lipinski definition) is 4. The average molecular weight is 203 g/mol. The Morgan fingerprint density at radius 3 is 2.43 bits per heavy atom. The van der Waals surface area contributed by atoms with Crippen molar-refractivity contribution in [2.75, 3.05) is 6.61 Å². The summed E-state index contributed by atoms with van der Waals surface area (Å²) in [7, 11) is 0. The predicted octanol–water partition coefficient (Wildman–Crippen LogP) is 0.818. The molecule has 4 heteroatoms. The maximum absolute atomic E-state index is 11.2. The van der Waals surface area contributed by atoms with E-state index >= 15 is 0 Å². The number of ether oxygens (including phenoxy) is 1. The molecule has 1 unspecified atom stereocenters. The average Bonchev–Trinajstić information content (AvgIpc) is 1.98. The first-order valence-corrected chi connectivity index (χ1v) is 4.93. The molecule has 0 aromatic heterocycles. The van der Waals surface area contributed by atoms with Gasteiger partial charge in [0.1, 0.15) is 5.60 Å². The zero-order valence-electron chi connectivity index (χ0n) is 9.25. The number of aliphatic hydroxyl groups is 1. The molecule has 0 saturated carbocycles. The third-order valence-corrected chi connectivity index (χ3v) is 1.64. The second-order valence-electron chi connectivity index (χ2n) is 4.40. The smallest absolute Gasteiger partial charge is 0.306 e. The number of rotatable bonds is 5. The lowest BCUT2D eigenvalue weighted by Gasteiger charge is -2.20. The fourth-order valence-electron chi connectivity index (χ4n) is 1.01. The van der Waals surface area contributed by atoms with Crippen molar-refractivity contribution >= 4 is 5.97 Å². The number of carbonyl (C=O) groups excluding carboxylic acids is 1. The van der Waals surface area contributed by atoms with Crippen molar-refractivity contribution in [2.45, 2.75) is 51.7 Å². The maximum Gasteiger partial charge on any atom is 0.306 e. The van der Waals surface area contributed by atoms with Crippen LogP contribution in [0.25, 0.3) is 0 Å². The van der Waals surface area contributed by atoms with Crippen molar-refractivity contribution in [3.05, 3.63) is 0 Å². The number of esters is 1. The zero-order chi connectivity index (χ0) is 11.2. The van der Waals surface area contributed by atoms with E-state index in [-0.39, 0.29) is 18.6 Å². The highest BCUT2D eigenvalue weighted by Crippen LogP contribution is 2.10. The van der Waals surface area contributed by atoms with Gasteiger partial charge in [-0.1, -0.05) is 0 Å². The summed E-state index contributed by atoms with van der Waals surface area (Å²) < 4.78 is 5.11. The van der Waals surface area contributed by atoms with Crippen LogP contribution in [0.15, 0.2) is 0 Å². The molecule has 0 aromatic rings. The summed E-state index contributed by atoms with van der Waals surface area (Å²) in [5.74, 6) is -0.231. The van der Waals surface area contributed by atoms with Crippen LogP contribution in [0.1, 0.15) is 40.0 Å². The minimum atomic E-state index is -0.432. The highest BCUT2D eigenvalue weighted by Gasteiger charge is 2.16. The molecule has 0 radical (unpaired) electrons. The van der Waals surface area contributed by atoms with Gasteiger partial charge in [0.15, 0.2) is 0 Å². The second-order valence-corrected chi connectivity index (χ2v) is 4.40. The van der Waals surface area contributed by atoms with Crippen LogP contribution in [0.5, 0.6) is 0 Å². The molecule has 14 heavy (non-hydrogen) atoms. The molecule has 0 aliphatic carbocycles. The van der Waals surface area contributed by atoms with Crippen LogP contribution < -0.4 is 5.73 Å². The largest absolute Gasteiger partial charge is 0.460 e. The van der Waals surface area contributed by atoms with Gasteiger partial charge in [-0.05, 0) is 33.6 Å². The molecule has 0 saturated heterocycles. The molecule has 0 amide bonds. The van der Waals surface area contributed by atoms with Gasteiger partial charge in [-0.15, -0.1) is 0 Å². The summed E-state index contributed by atoms with van der Waals surface area (Å²) in [6.45, 7) is 5.56. The van der Waals surface area contributed by atoms with Gasteiger partial charge in [0.05, 0.1) is 0 Å². The third-order valence-electron chi connectivity index (χ3n) is 1.64. The van der Waals surface area contributed by atoms with Crippen LogP contribution in [0.2, 0.25) is 0 Å². The molecule has 0 aliphatic heterocycles. The fourth-order valence-corrected chi connectivity index (χ4v) is 1.01. The molecule has 0 aliphatic rings. The van der Waals surface area contributed by atoms with Gasteiger partial charge in [0, 0.05) is 19.1 Å². The molecule has 84 valence electrons. The zero-order valence-corrected chi connectivity index (χ0v) is 9.25. The van der Waals surface area contributed by atoms with E-state index in [4.69, 9.17) is 15.6 Å². The number of carbonyl (C=O) groups is 1. The monoisotopic (exact) mass is 203 g/mol. The van der Waals surface area contributed by atoms with Crippen molar-refractivity contribution in [3.8, 4) is 0 Å². The van der Waals surface area contributed by atoms with Crippen molar-refractivity contribution in [3.63, 3.8) is 0 Å². The summed E-state index contributed by atoms with van der Waals surface area (Å²) in [5, 5.41) is 8.59. The van der Waals surface area contributed by atoms with Crippen molar-refractivity contribution < 1.29 is 14.6 Å². The summed E-state index contributed by atoms with van der Waals surface area (Å²) in [6.07, 6.45) is 1.41. The molecule has 0 aromatic carbocycles. The molecule has 0 spiro atoms. The molecular formula is C10H21NO3. The van der Waals surface area contributed by atoms with Crippen LogP contribution in [0, 0.1) is 0 Å². The van der Waals surface area contributed by atoms with Gasteiger partial charge in [-0.3, -0.25) is 4.79 Å². The van der Waals surface area contributed by atoms with E-state index < -0.39 is 5.60 Å². The fraction of sp³-hybridized carbons (Fsp3) is 0.900. The van der Waals surface area contributed by atoms with Crippen molar-refractivity contribution in [1.82, 2.24) is 0 Å². The van der Waals surface area contributed by atoms with Gasteiger partial charge in [0.25, 0.3) is 0 Å². The standard InChI is InChI=1S/C10H21NO3/c1-10(2,3)14-9(13)5-4-8(11)6-7-12/h8,12H,4-7,11H2,1-3H3. The number of aliphatic hydroxyl groups excluding tert-OH is 1. The minimum absolute atomic E-state index is 0.0650. The molecule has 4 nitrogen and oxygen atoms in total. The summed E-state index contributed by atoms with van der Waals surface area (Å²) in [4.78, 5) is 11.2. The molecular weight excluding hydrogens is 182 g/mol. The van der Waals surface area contributed by atoms with Crippen LogP contribution in [0.3, 0.4) is 0 Å². The van der Waals surface area contributed by atoms with E-state index in [0.29, 0.717) is 19.3 Å². The Morgan fingerprint density at radius 2 is 2.00 bits per heavy atom. The second kappa shape index (κ2) is 5.98. The molecule has 0 rings (SSSR count). The van der Waals surface area contributed by atoms with Crippen LogP contribution in [0.4, 0.5) is 0 Å². The Bertz CT molecular complexity index is 175. The first-order chi connectivity index (χ1) is 6.35. The third kappa shape index (κ3) is 8.01. The van der Waals surface area contributed by atoms with Crippen LogP contribution in [-0.4, -0.2) is 29.3 Å². The summed E-state index contributed by atoms with van der Waals surface area (Å²) in [5.41, 5.74) is 5.20. The normalized spacial score (nSPS) is 13.8. The Morgan fingerprint density at radius 1 is 1.43 bits per heavy atom. The lowest BCUT2D eigenvalue weighted by molar-refractivity contribution is -0.155. The van der Waals surface area contributed by atoms with E-state index in [1.807, 2.05) is 20.8 Å². The van der Waals surface area contributed by atoms with Gasteiger partial charge >= 0.3 is 5.97 Å². The lowest BCUT2D eigenvalue weighted by Crippen LogP contribution is -2.27. The predicted molar refractivity (Wildman–Crippen MR) is 54.8 cm³/mol. The topological polar surface area (TPSA) is 72.5 Å². The van der Waals surface area contributed by atoms with E-state index in [0.717, 1.165) is 0 Å².